The molecule has 1 N–H and O–H groups in total. The second-order valence-corrected chi connectivity index (χ2v) is 9.65. The highest BCUT2D eigenvalue weighted by Crippen LogP contribution is 2.22. The summed E-state index contributed by atoms with van der Waals surface area (Å²) in [6.45, 7) is 4.29. The van der Waals surface area contributed by atoms with Crippen LogP contribution in [0.1, 0.15) is 49.3 Å². The molecule has 166 valence electrons. The molecule has 31 heavy (non-hydrogen) atoms. The third kappa shape index (κ3) is 7.01. The van der Waals surface area contributed by atoms with Crippen LogP contribution in [0.4, 0.5) is 0 Å². The summed E-state index contributed by atoms with van der Waals surface area (Å²) in [5.41, 5.74) is 3.21. The van der Waals surface area contributed by atoms with Crippen molar-refractivity contribution in [1.29, 1.82) is 0 Å². The number of halogens is 1. The fourth-order valence-electron chi connectivity index (χ4n) is 3.81. The molecule has 2 amide bonds. The Morgan fingerprint density at radius 2 is 1.81 bits per heavy atom. The smallest absolute Gasteiger partial charge is 0.242 e. The van der Waals surface area contributed by atoms with E-state index in [-0.39, 0.29) is 17.9 Å². The highest BCUT2D eigenvalue weighted by molar-refractivity contribution is 7.99. The van der Waals surface area contributed by atoms with Gasteiger partial charge in [-0.2, -0.15) is 0 Å². The lowest BCUT2D eigenvalue weighted by Crippen LogP contribution is -2.50. The average molecular weight is 459 g/mol. The minimum atomic E-state index is -0.518. The summed E-state index contributed by atoms with van der Waals surface area (Å²) in [6.07, 6.45) is 4.37. The van der Waals surface area contributed by atoms with E-state index >= 15 is 0 Å². The molecule has 2 aromatic carbocycles. The first-order chi connectivity index (χ1) is 14.9. The normalized spacial score (nSPS) is 14.9. The van der Waals surface area contributed by atoms with E-state index in [0.29, 0.717) is 23.1 Å². The molecule has 0 aromatic heterocycles. The first-order valence-corrected chi connectivity index (χ1v) is 12.4. The van der Waals surface area contributed by atoms with Crippen LogP contribution in [-0.4, -0.2) is 34.6 Å². The Morgan fingerprint density at radius 3 is 2.48 bits per heavy atom. The molecule has 0 unspecified atom stereocenters. The van der Waals surface area contributed by atoms with Crippen LogP contribution in [0.15, 0.2) is 48.5 Å². The van der Waals surface area contributed by atoms with Crippen LogP contribution in [0.5, 0.6) is 0 Å². The quantitative estimate of drug-likeness (QED) is 0.550. The molecule has 1 aliphatic carbocycles. The van der Waals surface area contributed by atoms with Gasteiger partial charge in [-0.15, -0.1) is 11.8 Å². The number of carbonyl (C=O) groups is 2. The summed E-state index contributed by atoms with van der Waals surface area (Å²) in [4.78, 5) is 27.8. The van der Waals surface area contributed by atoms with Crippen molar-refractivity contribution in [3.63, 3.8) is 0 Å². The minimum Gasteiger partial charge on any atom is -0.352 e. The Kier molecular flexibility index (Phi) is 8.85. The number of aryl methyl sites for hydroxylation is 1. The van der Waals surface area contributed by atoms with Crippen molar-refractivity contribution in [3.8, 4) is 0 Å². The number of nitrogens with one attached hydrogen (secondary N) is 1. The number of hydrogen-bond acceptors (Lipinski definition) is 3. The van der Waals surface area contributed by atoms with Crippen LogP contribution in [0, 0.1) is 6.92 Å². The molecule has 1 aliphatic rings. The summed E-state index contributed by atoms with van der Waals surface area (Å²) in [6, 6.07) is 15.5. The van der Waals surface area contributed by atoms with Gasteiger partial charge in [0.2, 0.25) is 11.8 Å². The summed E-state index contributed by atoms with van der Waals surface area (Å²) in [5, 5.41) is 3.85. The third-order valence-electron chi connectivity index (χ3n) is 5.78. The van der Waals surface area contributed by atoms with Crippen LogP contribution in [-0.2, 0) is 21.9 Å². The molecule has 1 saturated carbocycles. The van der Waals surface area contributed by atoms with Crippen molar-refractivity contribution in [2.45, 2.75) is 63.9 Å². The molecular weight excluding hydrogens is 428 g/mol. The molecule has 0 aliphatic heterocycles. The van der Waals surface area contributed by atoms with E-state index in [4.69, 9.17) is 11.6 Å². The number of rotatable bonds is 9. The number of benzene rings is 2. The molecule has 0 heterocycles. The topological polar surface area (TPSA) is 49.4 Å². The zero-order valence-corrected chi connectivity index (χ0v) is 19.8. The number of amides is 2. The summed E-state index contributed by atoms with van der Waals surface area (Å²) < 4.78 is 0. The zero-order chi connectivity index (χ0) is 22.2. The van der Waals surface area contributed by atoms with Crippen LogP contribution in [0.25, 0.3) is 0 Å². The van der Waals surface area contributed by atoms with Gasteiger partial charge in [0.1, 0.15) is 6.04 Å². The van der Waals surface area contributed by atoms with Crippen molar-refractivity contribution in [2.24, 2.45) is 0 Å². The highest BCUT2D eigenvalue weighted by Gasteiger charge is 2.28. The first kappa shape index (κ1) is 23.7. The highest BCUT2D eigenvalue weighted by atomic mass is 35.5. The first-order valence-electron chi connectivity index (χ1n) is 10.9. The van der Waals surface area contributed by atoms with Gasteiger partial charge in [0.05, 0.1) is 5.75 Å². The van der Waals surface area contributed by atoms with Crippen LogP contribution in [0.3, 0.4) is 0 Å². The van der Waals surface area contributed by atoms with Gasteiger partial charge in [-0.05, 0) is 43.9 Å². The number of thioether (sulfide) groups is 1. The third-order valence-corrected chi connectivity index (χ3v) is 7.12. The zero-order valence-electron chi connectivity index (χ0n) is 18.3. The second-order valence-electron chi connectivity index (χ2n) is 8.26. The average Bonchev–Trinajstić information content (AvgIpc) is 3.27. The fraction of sp³-hybridized carbons (Fsp3) is 0.440. The van der Waals surface area contributed by atoms with E-state index < -0.39 is 6.04 Å². The van der Waals surface area contributed by atoms with E-state index in [1.165, 1.54) is 17.3 Å². The summed E-state index contributed by atoms with van der Waals surface area (Å²) in [7, 11) is 0. The molecule has 6 heteroatoms. The number of carbonyl (C=O) groups excluding carboxylic acids is 2. The lowest BCUT2D eigenvalue weighted by atomic mass is 10.1. The lowest BCUT2D eigenvalue weighted by molar-refractivity contribution is -0.138. The monoisotopic (exact) mass is 458 g/mol. The second kappa shape index (κ2) is 11.6. The van der Waals surface area contributed by atoms with Crippen LogP contribution >= 0.6 is 23.4 Å². The lowest BCUT2D eigenvalue weighted by Gasteiger charge is -2.29. The van der Waals surface area contributed by atoms with Crippen molar-refractivity contribution in [3.05, 3.63) is 70.2 Å². The van der Waals surface area contributed by atoms with Crippen LogP contribution in [0.2, 0.25) is 5.02 Å². The van der Waals surface area contributed by atoms with Crippen molar-refractivity contribution in [2.75, 3.05) is 5.75 Å². The van der Waals surface area contributed by atoms with Gasteiger partial charge in [-0.1, -0.05) is 72.5 Å². The van der Waals surface area contributed by atoms with Gasteiger partial charge in [-0.25, -0.2) is 0 Å². The summed E-state index contributed by atoms with van der Waals surface area (Å²) >= 11 is 7.76. The number of nitrogens with zero attached hydrogens (tertiary/aromatic N) is 1. The number of hydrogen-bond donors (Lipinski definition) is 1. The van der Waals surface area contributed by atoms with Gasteiger partial charge >= 0.3 is 0 Å². The maximum atomic E-state index is 13.2. The van der Waals surface area contributed by atoms with E-state index in [0.717, 1.165) is 36.8 Å². The Hall–Kier alpha value is -1.98. The van der Waals surface area contributed by atoms with Gasteiger partial charge in [0.15, 0.2) is 0 Å². The van der Waals surface area contributed by atoms with E-state index in [9.17, 15) is 9.59 Å². The molecule has 3 rings (SSSR count). The molecule has 0 radical (unpaired) electrons. The van der Waals surface area contributed by atoms with Gasteiger partial charge < -0.3 is 10.2 Å². The van der Waals surface area contributed by atoms with Crippen molar-refractivity contribution < 1.29 is 9.59 Å². The molecule has 0 spiro atoms. The fourth-order valence-corrected chi connectivity index (χ4v) is 5.01. The van der Waals surface area contributed by atoms with Gasteiger partial charge in [0.25, 0.3) is 0 Å². The van der Waals surface area contributed by atoms with Crippen molar-refractivity contribution in [1.82, 2.24) is 10.2 Å². The standard InChI is InChI=1S/C25H31ClN2O2S/c1-18-11-13-20(14-12-18)15-28(19(2)25(30)27-22-8-4-5-9-22)24(29)17-31-16-21-7-3-6-10-23(21)26/h3,6-7,10-14,19,22H,4-5,8-9,15-17H2,1-2H3,(H,27,30)/t19-/m0/s1. The van der Waals surface area contributed by atoms with E-state index in [1.54, 1.807) is 4.90 Å². The Morgan fingerprint density at radius 1 is 1.13 bits per heavy atom. The maximum Gasteiger partial charge on any atom is 0.242 e. The minimum absolute atomic E-state index is 0.0355. The largest absolute Gasteiger partial charge is 0.352 e. The molecule has 2 aromatic rings. The maximum absolute atomic E-state index is 13.2. The van der Waals surface area contributed by atoms with Gasteiger partial charge in [-0.3, -0.25) is 9.59 Å². The van der Waals surface area contributed by atoms with Crippen LogP contribution < -0.4 is 5.32 Å². The Bertz CT molecular complexity index is 881. The SMILES string of the molecule is Cc1ccc(CN(C(=O)CSCc2ccccc2Cl)[C@@H](C)C(=O)NC2CCCC2)cc1. The predicted molar refractivity (Wildman–Crippen MR) is 129 cm³/mol. The van der Waals surface area contributed by atoms with E-state index in [2.05, 4.69) is 5.32 Å². The molecule has 0 saturated heterocycles. The summed E-state index contributed by atoms with van der Waals surface area (Å²) in [5.74, 6) is 0.861. The Balaban J connectivity index is 1.65. The molecule has 1 fully saturated rings. The molecular formula is C25H31ClN2O2S. The predicted octanol–water partition coefficient (Wildman–Crippen LogP) is 5.36. The molecule has 1 atom stereocenters. The van der Waals surface area contributed by atoms with Gasteiger partial charge in [0, 0.05) is 23.4 Å². The molecule has 4 nitrogen and oxygen atoms in total. The van der Waals surface area contributed by atoms with Crippen molar-refractivity contribution >= 4 is 35.2 Å². The van der Waals surface area contributed by atoms with E-state index in [1.807, 2.05) is 62.4 Å². The Labute approximate surface area is 194 Å². The molecule has 0 bridgehead atoms.